The Morgan fingerprint density at radius 1 is 1.00 bits per heavy atom. The van der Waals surface area contributed by atoms with Crippen LogP contribution in [0.3, 0.4) is 0 Å². The summed E-state index contributed by atoms with van der Waals surface area (Å²) < 4.78 is 47.7. The van der Waals surface area contributed by atoms with Gasteiger partial charge in [0.25, 0.3) is 5.91 Å². The summed E-state index contributed by atoms with van der Waals surface area (Å²) in [6.07, 6.45) is -3.52. The number of hydrogen-bond donors (Lipinski definition) is 0. The molecule has 186 valence electrons. The number of nitrogens with zero attached hydrogens (tertiary/aromatic N) is 5. The lowest BCUT2D eigenvalue weighted by Crippen LogP contribution is -2.48. The summed E-state index contributed by atoms with van der Waals surface area (Å²) in [5, 5.41) is 3.89. The smallest absolute Gasteiger partial charge is 0.433 e. The van der Waals surface area contributed by atoms with Crippen molar-refractivity contribution in [1.82, 2.24) is 24.4 Å². The number of aromatic nitrogens is 3. The number of alkyl halides is 3. The fourth-order valence-electron chi connectivity index (χ4n) is 4.37. The SMILES string of the molecule is COc1cccc(-c2cc(C(F)(F)F)n3ncc(C(=O)N4CCN(Cc5ccccc5)CC4)c3n2)c1. The lowest BCUT2D eigenvalue weighted by Gasteiger charge is -2.34. The molecule has 36 heavy (non-hydrogen) atoms. The van der Waals surface area contributed by atoms with Gasteiger partial charge in [-0.05, 0) is 23.8 Å². The number of fused-ring (bicyclic) bond motifs is 1. The summed E-state index contributed by atoms with van der Waals surface area (Å²) >= 11 is 0. The molecular weight excluding hydrogens is 471 g/mol. The summed E-state index contributed by atoms with van der Waals surface area (Å²) in [6, 6.07) is 17.6. The lowest BCUT2D eigenvalue weighted by atomic mass is 10.1. The van der Waals surface area contributed by atoms with Gasteiger partial charge in [-0.3, -0.25) is 9.69 Å². The van der Waals surface area contributed by atoms with Crippen molar-refractivity contribution in [2.45, 2.75) is 12.7 Å². The number of methoxy groups -OCH3 is 1. The quantitative estimate of drug-likeness (QED) is 0.411. The molecule has 0 radical (unpaired) electrons. The molecule has 0 atom stereocenters. The van der Waals surface area contributed by atoms with Crippen LogP contribution < -0.4 is 4.74 Å². The molecule has 0 unspecified atom stereocenters. The van der Waals surface area contributed by atoms with E-state index in [9.17, 15) is 18.0 Å². The number of ether oxygens (including phenoxy) is 1. The van der Waals surface area contributed by atoms with Crippen LogP contribution in [0.4, 0.5) is 13.2 Å². The van der Waals surface area contributed by atoms with Crippen molar-refractivity contribution < 1.29 is 22.7 Å². The number of carbonyl (C=O) groups is 1. The highest BCUT2D eigenvalue weighted by Crippen LogP contribution is 2.33. The minimum absolute atomic E-state index is 0.0433. The van der Waals surface area contributed by atoms with Crippen LogP contribution in [0.1, 0.15) is 21.6 Å². The summed E-state index contributed by atoms with van der Waals surface area (Å²) in [4.78, 5) is 21.7. The van der Waals surface area contributed by atoms with Crippen LogP contribution in [0, 0.1) is 0 Å². The van der Waals surface area contributed by atoms with Crippen molar-refractivity contribution >= 4 is 11.6 Å². The molecule has 0 saturated carbocycles. The fraction of sp³-hybridized carbons (Fsp3) is 0.269. The monoisotopic (exact) mass is 495 g/mol. The van der Waals surface area contributed by atoms with E-state index in [-0.39, 0.29) is 22.8 Å². The second-order valence-electron chi connectivity index (χ2n) is 8.60. The van der Waals surface area contributed by atoms with Crippen LogP contribution in [-0.2, 0) is 12.7 Å². The first-order chi connectivity index (χ1) is 17.3. The van der Waals surface area contributed by atoms with Crippen molar-refractivity contribution in [2.24, 2.45) is 0 Å². The zero-order valence-electron chi connectivity index (χ0n) is 19.6. The molecule has 1 saturated heterocycles. The van der Waals surface area contributed by atoms with E-state index in [0.29, 0.717) is 42.0 Å². The number of hydrogen-bond acceptors (Lipinski definition) is 5. The van der Waals surface area contributed by atoms with Crippen LogP contribution >= 0.6 is 0 Å². The van der Waals surface area contributed by atoms with Gasteiger partial charge in [0, 0.05) is 38.3 Å². The van der Waals surface area contributed by atoms with Crippen molar-refractivity contribution in [3.63, 3.8) is 0 Å². The van der Waals surface area contributed by atoms with Crippen molar-refractivity contribution in [2.75, 3.05) is 33.3 Å². The third-order valence-corrected chi connectivity index (χ3v) is 6.27. The van der Waals surface area contributed by atoms with E-state index < -0.39 is 11.9 Å². The number of rotatable bonds is 5. The van der Waals surface area contributed by atoms with Crippen LogP contribution in [0.25, 0.3) is 16.9 Å². The number of amides is 1. The molecule has 1 aliphatic heterocycles. The summed E-state index contributed by atoms with van der Waals surface area (Å²) in [5.74, 6) is 0.105. The predicted octanol–water partition coefficient (Wildman–Crippen LogP) is 4.38. The Bertz CT molecular complexity index is 1380. The largest absolute Gasteiger partial charge is 0.497 e. The van der Waals surface area contributed by atoms with Gasteiger partial charge < -0.3 is 9.64 Å². The Morgan fingerprint density at radius 3 is 2.44 bits per heavy atom. The molecule has 4 aromatic rings. The third-order valence-electron chi connectivity index (χ3n) is 6.27. The number of halogens is 3. The minimum atomic E-state index is -4.69. The van der Waals surface area contributed by atoms with Gasteiger partial charge in [0.1, 0.15) is 11.3 Å². The van der Waals surface area contributed by atoms with E-state index in [1.807, 2.05) is 18.2 Å². The van der Waals surface area contributed by atoms with Gasteiger partial charge in [-0.15, -0.1) is 0 Å². The van der Waals surface area contributed by atoms with Gasteiger partial charge in [-0.2, -0.15) is 18.3 Å². The number of carbonyl (C=O) groups excluding carboxylic acids is 1. The minimum Gasteiger partial charge on any atom is -0.497 e. The Kier molecular flexibility index (Phi) is 6.36. The highest BCUT2D eigenvalue weighted by atomic mass is 19.4. The molecule has 3 heterocycles. The van der Waals surface area contributed by atoms with Crippen LogP contribution in [0.5, 0.6) is 5.75 Å². The maximum atomic E-state index is 13.9. The Balaban J connectivity index is 1.44. The second-order valence-corrected chi connectivity index (χ2v) is 8.60. The van der Waals surface area contributed by atoms with Gasteiger partial charge in [0.15, 0.2) is 11.3 Å². The average molecular weight is 496 g/mol. The molecule has 10 heteroatoms. The molecule has 0 bridgehead atoms. The Morgan fingerprint density at radius 2 is 1.75 bits per heavy atom. The van der Waals surface area contributed by atoms with E-state index >= 15 is 0 Å². The van der Waals surface area contributed by atoms with Gasteiger partial charge >= 0.3 is 6.18 Å². The molecule has 1 fully saturated rings. The highest BCUT2D eigenvalue weighted by molar-refractivity contribution is 6.00. The van der Waals surface area contributed by atoms with Crippen LogP contribution in [0.2, 0.25) is 0 Å². The van der Waals surface area contributed by atoms with E-state index in [0.717, 1.165) is 12.6 Å². The van der Waals surface area contributed by atoms with Gasteiger partial charge in [0.05, 0.1) is 19.0 Å². The molecule has 0 spiro atoms. The summed E-state index contributed by atoms with van der Waals surface area (Å²) in [7, 11) is 1.48. The topological polar surface area (TPSA) is 63.0 Å². The maximum Gasteiger partial charge on any atom is 0.433 e. The van der Waals surface area contributed by atoms with Crippen molar-refractivity contribution in [1.29, 1.82) is 0 Å². The molecule has 0 N–H and O–H groups in total. The van der Waals surface area contributed by atoms with Gasteiger partial charge in [-0.1, -0.05) is 42.5 Å². The molecule has 5 rings (SSSR count). The Labute approximate surface area is 205 Å². The molecule has 7 nitrogen and oxygen atoms in total. The van der Waals surface area contributed by atoms with Crippen LogP contribution in [-0.4, -0.2) is 63.6 Å². The molecule has 0 aliphatic carbocycles. The van der Waals surface area contributed by atoms with E-state index in [2.05, 4.69) is 27.1 Å². The second kappa shape index (κ2) is 9.62. The number of benzene rings is 2. The predicted molar refractivity (Wildman–Crippen MR) is 128 cm³/mol. The van der Waals surface area contributed by atoms with E-state index in [4.69, 9.17) is 4.74 Å². The molecule has 1 amide bonds. The van der Waals surface area contributed by atoms with E-state index in [1.165, 1.54) is 18.9 Å². The molecular formula is C26H24F3N5O2. The average Bonchev–Trinajstić information content (AvgIpc) is 3.32. The molecule has 2 aromatic heterocycles. The summed E-state index contributed by atoms with van der Waals surface area (Å²) in [6.45, 7) is 3.03. The normalized spacial score (nSPS) is 14.8. The van der Waals surface area contributed by atoms with Gasteiger partial charge in [-0.25, -0.2) is 9.50 Å². The highest BCUT2D eigenvalue weighted by Gasteiger charge is 2.36. The Hall–Kier alpha value is -3.92. The molecule has 1 aliphatic rings. The van der Waals surface area contributed by atoms with Gasteiger partial charge in [0.2, 0.25) is 0 Å². The maximum absolute atomic E-state index is 13.9. The fourth-order valence-corrected chi connectivity index (χ4v) is 4.37. The zero-order chi connectivity index (χ0) is 25.3. The first-order valence-corrected chi connectivity index (χ1v) is 11.5. The van der Waals surface area contributed by atoms with Crippen LogP contribution in [0.15, 0.2) is 66.9 Å². The number of piperazine rings is 1. The van der Waals surface area contributed by atoms with Crippen molar-refractivity contribution in [3.8, 4) is 17.0 Å². The first kappa shape index (κ1) is 23.8. The standard InChI is InChI=1S/C26H24F3N5O2/c1-36-20-9-5-8-19(14-20)22-15-23(26(27,28)29)34-24(31-22)21(16-30-34)25(35)33-12-10-32(11-13-33)17-18-6-3-2-4-7-18/h2-9,14-16H,10-13,17H2,1H3. The van der Waals surface area contributed by atoms with Crippen molar-refractivity contribution in [3.05, 3.63) is 83.7 Å². The first-order valence-electron chi connectivity index (χ1n) is 11.5. The lowest BCUT2D eigenvalue weighted by molar-refractivity contribution is -0.142. The van der Waals surface area contributed by atoms with E-state index in [1.54, 1.807) is 29.2 Å². The molecule has 2 aromatic carbocycles. The zero-order valence-corrected chi connectivity index (χ0v) is 19.6. The summed E-state index contributed by atoms with van der Waals surface area (Å²) in [5.41, 5.74) is 0.624. The third kappa shape index (κ3) is 4.76.